The van der Waals surface area contributed by atoms with Crippen LogP contribution in [0.3, 0.4) is 0 Å². The van der Waals surface area contributed by atoms with Gasteiger partial charge in [0.2, 0.25) is 5.91 Å². The van der Waals surface area contributed by atoms with Gasteiger partial charge in [-0.05, 0) is 18.2 Å². The quantitative estimate of drug-likeness (QED) is 0.837. The number of carbonyl (C=O) groups excluding carboxylic acids is 1. The highest BCUT2D eigenvalue weighted by molar-refractivity contribution is 7.99. The second-order valence-corrected chi connectivity index (χ2v) is 6.31. The van der Waals surface area contributed by atoms with E-state index in [0.29, 0.717) is 23.8 Å². The molecule has 1 aliphatic rings. The first-order valence-corrected chi connectivity index (χ1v) is 8.73. The van der Waals surface area contributed by atoms with E-state index in [9.17, 15) is 4.79 Å². The molecule has 24 heavy (non-hydrogen) atoms. The monoisotopic (exact) mass is 345 g/mol. The van der Waals surface area contributed by atoms with Crippen LogP contribution in [-0.4, -0.2) is 35.7 Å². The largest absolute Gasteiger partial charge is 0.493 e. The van der Waals surface area contributed by atoms with Crippen molar-refractivity contribution < 1.29 is 14.3 Å². The maximum atomic E-state index is 12.2. The SMILES string of the molecule is COc1ccc(NC(=O)C2CSCN2)cc1OCc1cccnc1. The van der Waals surface area contributed by atoms with Crippen molar-refractivity contribution in [3.63, 3.8) is 0 Å². The molecule has 0 saturated carbocycles. The number of hydrogen-bond donors (Lipinski definition) is 2. The van der Waals surface area contributed by atoms with Gasteiger partial charge in [-0.15, -0.1) is 11.8 Å². The third kappa shape index (κ3) is 4.18. The van der Waals surface area contributed by atoms with Crippen LogP contribution < -0.4 is 20.1 Å². The van der Waals surface area contributed by atoms with Gasteiger partial charge in [0, 0.05) is 41.3 Å². The average molecular weight is 345 g/mol. The lowest BCUT2D eigenvalue weighted by Crippen LogP contribution is -2.37. The summed E-state index contributed by atoms with van der Waals surface area (Å²) >= 11 is 1.71. The molecule has 126 valence electrons. The molecule has 6 nitrogen and oxygen atoms in total. The summed E-state index contributed by atoms with van der Waals surface area (Å²) in [4.78, 5) is 16.3. The molecule has 1 amide bonds. The molecule has 7 heteroatoms. The molecule has 1 aromatic carbocycles. The summed E-state index contributed by atoms with van der Waals surface area (Å²) in [6.45, 7) is 0.377. The number of benzene rings is 1. The zero-order chi connectivity index (χ0) is 16.8. The van der Waals surface area contributed by atoms with Gasteiger partial charge in [0.25, 0.3) is 0 Å². The highest BCUT2D eigenvalue weighted by Crippen LogP contribution is 2.31. The van der Waals surface area contributed by atoms with Crippen molar-refractivity contribution in [1.29, 1.82) is 0 Å². The standard InChI is InChI=1S/C17H19N3O3S/c1-22-15-5-4-13(20-17(21)14-10-24-11-19-14)7-16(15)23-9-12-3-2-6-18-8-12/h2-8,14,19H,9-11H2,1H3,(H,20,21). The van der Waals surface area contributed by atoms with Crippen LogP contribution in [0.25, 0.3) is 0 Å². The number of rotatable bonds is 6. The Morgan fingerprint density at radius 1 is 1.42 bits per heavy atom. The van der Waals surface area contributed by atoms with Gasteiger partial charge in [0.1, 0.15) is 6.61 Å². The topological polar surface area (TPSA) is 72.5 Å². The van der Waals surface area contributed by atoms with Crippen molar-refractivity contribution in [2.75, 3.05) is 24.1 Å². The first-order valence-electron chi connectivity index (χ1n) is 7.58. The number of nitrogens with zero attached hydrogens (tertiary/aromatic N) is 1. The van der Waals surface area contributed by atoms with E-state index in [-0.39, 0.29) is 11.9 Å². The molecule has 1 aromatic heterocycles. The van der Waals surface area contributed by atoms with Crippen molar-refractivity contribution in [3.8, 4) is 11.5 Å². The fourth-order valence-corrected chi connectivity index (χ4v) is 3.25. The number of hydrogen-bond acceptors (Lipinski definition) is 6. The molecule has 1 unspecified atom stereocenters. The molecule has 3 rings (SSSR count). The van der Waals surface area contributed by atoms with E-state index in [4.69, 9.17) is 9.47 Å². The molecule has 0 spiro atoms. The zero-order valence-corrected chi connectivity index (χ0v) is 14.1. The lowest BCUT2D eigenvalue weighted by Gasteiger charge is -2.14. The molecule has 0 radical (unpaired) electrons. The van der Waals surface area contributed by atoms with Crippen LogP contribution >= 0.6 is 11.8 Å². The molecule has 1 fully saturated rings. The molecule has 2 aromatic rings. The fraction of sp³-hybridized carbons (Fsp3) is 0.294. The minimum absolute atomic E-state index is 0.0385. The molecule has 0 bridgehead atoms. The molecule has 2 heterocycles. The summed E-state index contributed by atoms with van der Waals surface area (Å²) in [7, 11) is 1.59. The van der Waals surface area contributed by atoms with Gasteiger partial charge in [-0.3, -0.25) is 15.1 Å². The summed E-state index contributed by atoms with van der Waals surface area (Å²) in [6, 6.07) is 9.00. The maximum Gasteiger partial charge on any atom is 0.242 e. The highest BCUT2D eigenvalue weighted by Gasteiger charge is 2.22. The van der Waals surface area contributed by atoms with Gasteiger partial charge in [-0.25, -0.2) is 0 Å². The number of carbonyl (C=O) groups is 1. The number of amides is 1. The van der Waals surface area contributed by atoms with E-state index in [1.165, 1.54) is 0 Å². The lowest BCUT2D eigenvalue weighted by atomic mass is 10.2. The number of aromatic nitrogens is 1. The Morgan fingerprint density at radius 3 is 3.04 bits per heavy atom. The number of ether oxygens (including phenoxy) is 2. The van der Waals surface area contributed by atoms with E-state index < -0.39 is 0 Å². The lowest BCUT2D eigenvalue weighted by molar-refractivity contribution is -0.117. The Balaban J connectivity index is 1.69. The van der Waals surface area contributed by atoms with Crippen molar-refractivity contribution >= 4 is 23.4 Å². The van der Waals surface area contributed by atoms with E-state index in [1.54, 1.807) is 49.5 Å². The summed E-state index contributed by atoms with van der Waals surface area (Å²) in [6.07, 6.45) is 3.47. The number of pyridine rings is 1. The molecule has 1 aliphatic heterocycles. The second kappa shape index (κ2) is 8.03. The van der Waals surface area contributed by atoms with Crippen LogP contribution in [0.2, 0.25) is 0 Å². The zero-order valence-electron chi connectivity index (χ0n) is 13.3. The summed E-state index contributed by atoms with van der Waals surface area (Å²) in [5.74, 6) is 2.75. The highest BCUT2D eigenvalue weighted by atomic mass is 32.2. The Kier molecular flexibility index (Phi) is 5.55. The first kappa shape index (κ1) is 16.6. The number of anilines is 1. The summed E-state index contributed by atoms with van der Waals surface area (Å²) in [5.41, 5.74) is 1.64. The van der Waals surface area contributed by atoms with Gasteiger partial charge in [0.15, 0.2) is 11.5 Å². The van der Waals surface area contributed by atoms with E-state index in [1.807, 2.05) is 12.1 Å². The molecular formula is C17H19N3O3S. The summed E-state index contributed by atoms with van der Waals surface area (Å²) in [5, 5.41) is 6.06. The van der Waals surface area contributed by atoms with Crippen molar-refractivity contribution in [3.05, 3.63) is 48.3 Å². The van der Waals surface area contributed by atoms with E-state index >= 15 is 0 Å². The third-order valence-electron chi connectivity index (χ3n) is 3.58. The molecule has 1 saturated heterocycles. The minimum Gasteiger partial charge on any atom is -0.493 e. The van der Waals surface area contributed by atoms with Crippen LogP contribution in [0, 0.1) is 0 Å². The Morgan fingerprint density at radius 2 is 2.33 bits per heavy atom. The number of nitrogens with one attached hydrogen (secondary N) is 2. The maximum absolute atomic E-state index is 12.2. The molecule has 2 N–H and O–H groups in total. The Hall–Kier alpha value is -2.25. The van der Waals surface area contributed by atoms with Gasteiger partial charge >= 0.3 is 0 Å². The van der Waals surface area contributed by atoms with Crippen LogP contribution in [-0.2, 0) is 11.4 Å². The van der Waals surface area contributed by atoms with Gasteiger partial charge in [-0.2, -0.15) is 0 Å². The van der Waals surface area contributed by atoms with Crippen LogP contribution in [0.15, 0.2) is 42.7 Å². The summed E-state index contributed by atoms with van der Waals surface area (Å²) < 4.78 is 11.2. The van der Waals surface area contributed by atoms with Crippen LogP contribution in [0.1, 0.15) is 5.56 Å². The van der Waals surface area contributed by atoms with E-state index in [0.717, 1.165) is 17.2 Å². The minimum atomic E-state index is -0.156. The molecule has 0 aliphatic carbocycles. The van der Waals surface area contributed by atoms with Crippen molar-refractivity contribution in [2.24, 2.45) is 0 Å². The van der Waals surface area contributed by atoms with Crippen molar-refractivity contribution in [2.45, 2.75) is 12.6 Å². The van der Waals surface area contributed by atoms with E-state index in [2.05, 4.69) is 15.6 Å². The number of methoxy groups -OCH3 is 1. The van der Waals surface area contributed by atoms with Gasteiger partial charge in [-0.1, -0.05) is 6.07 Å². The van der Waals surface area contributed by atoms with Crippen LogP contribution in [0.5, 0.6) is 11.5 Å². The first-order chi connectivity index (χ1) is 11.8. The normalized spacial score (nSPS) is 16.6. The fourth-order valence-electron chi connectivity index (χ4n) is 2.30. The molecule has 1 atom stereocenters. The van der Waals surface area contributed by atoms with Gasteiger partial charge < -0.3 is 14.8 Å². The second-order valence-electron chi connectivity index (χ2n) is 5.28. The number of thioether (sulfide) groups is 1. The Labute approximate surface area is 145 Å². The Bertz CT molecular complexity index is 691. The smallest absolute Gasteiger partial charge is 0.242 e. The van der Waals surface area contributed by atoms with Crippen LogP contribution in [0.4, 0.5) is 5.69 Å². The van der Waals surface area contributed by atoms with Gasteiger partial charge in [0.05, 0.1) is 13.2 Å². The predicted molar refractivity (Wildman–Crippen MR) is 94.4 cm³/mol. The van der Waals surface area contributed by atoms with Crippen molar-refractivity contribution in [1.82, 2.24) is 10.3 Å². The molecular weight excluding hydrogens is 326 g/mol. The average Bonchev–Trinajstić information content (AvgIpc) is 3.16. The predicted octanol–water partition coefficient (Wildman–Crippen LogP) is 2.27. The third-order valence-corrected chi connectivity index (χ3v) is 4.52.